The van der Waals surface area contributed by atoms with E-state index in [2.05, 4.69) is 27.7 Å². The first-order valence-corrected chi connectivity index (χ1v) is 9.29. The van der Waals surface area contributed by atoms with Crippen LogP contribution in [0.15, 0.2) is 24.3 Å². The highest BCUT2D eigenvalue weighted by molar-refractivity contribution is 5.58. The summed E-state index contributed by atoms with van der Waals surface area (Å²) in [7, 11) is 1.56. The zero-order valence-corrected chi connectivity index (χ0v) is 16.8. The van der Waals surface area contributed by atoms with E-state index in [-0.39, 0.29) is 17.6 Å². The van der Waals surface area contributed by atoms with E-state index in [1.165, 1.54) is 0 Å². The van der Waals surface area contributed by atoms with Crippen LogP contribution in [-0.2, 0) is 9.63 Å². The molecule has 2 atom stereocenters. The quantitative estimate of drug-likeness (QED) is 0.390. The van der Waals surface area contributed by atoms with Gasteiger partial charge in [0.05, 0.1) is 13.0 Å². The number of rotatable bonds is 8. The maximum Gasteiger partial charge on any atom is 0.213 e. The van der Waals surface area contributed by atoms with E-state index < -0.39 is 16.9 Å². The molecule has 27 heavy (non-hydrogen) atoms. The van der Waals surface area contributed by atoms with Crippen LogP contribution in [0.1, 0.15) is 58.4 Å². The van der Waals surface area contributed by atoms with E-state index in [0.29, 0.717) is 17.6 Å². The molecule has 0 unspecified atom stereocenters. The molecule has 1 fully saturated rings. The molecule has 0 amide bonds. The van der Waals surface area contributed by atoms with Gasteiger partial charge in [-0.05, 0) is 64.7 Å². The van der Waals surface area contributed by atoms with Gasteiger partial charge in [-0.15, -0.1) is 0 Å². The van der Waals surface area contributed by atoms with Crippen LogP contribution in [0, 0.1) is 10.1 Å². The SMILES string of the molecule is COc1ccc([C@@H](C[N+](=O)[O-])[C@@H](C=O)ON2C(C)(C)CCCC2(C)C)cc1. The van der Waals surface area contributed by atoms with Crippen LogP contribution in [0.2, 0.25) is 0 Å². The van der Waals surface area contributed by atoms with Crippen molar-refractivity contribution in [2.45, 2.75) is 70.1 Å². The van der Waals surface area contributed by atoms with Crippen molar-refractivity contribution < 1.29 is 19.3 Å². The lowest BCUT2D eigenvalue weighted by molar-refractivity contribution is -0.486. The van der Waals surface area contributed by atoms with Crippen molar-refractivity contribution in [3.63, 3.8) is 0 Å². The maximum absolute atomic E-state index is 11.9. The summed E-state index contributed by atoms with van der Waals surface area (Å²) in [5, 5.41) is 13.1. The number of piperidine rings is 1. The zero-order valence-electron chi connectivity index (χ0n) is 16.8. The Hall–Kier alpha value is -1.99. The number of hydroxylamine groups is 2. The minimum absolute atomic E-state index is 0.262. The third-order valence-electron chi connectivity index (χ3n) is 5.32. The normalized spacial score (nSPS) is 21.2. The molecule has 150 valence electrons. The Morgan fingerprint density at radius 1 is 1.19 bits per heavy atom. The molecule has 2 rings (SSSR count). The Bertz CT molecular complexity index is 641. The molecule has 0 spiro atoms. The Morgan fingerprint density at radius 3 is 2.19 bits per heavy atom. The second-order valence-electron chi connectivity index (χ2n) is 8.37. The number of hydrogen-bond donors (Lipinski definition) is 0. The Kier molecular flexibility index (Phi) is 6.59. The van der Waals surface area contributed by atoms with Crippen molar-refractivity contribution >= 4 is 6.29 Å². The molecule has 1 aliphatic heterocycles. The van der Waals surface area contributed by atoms with Gasteiger partial charge in [-0.3, -0.25) is 15.0 Å². The predicted octanol–water partition coefficient (Wildman–Crippen LogP) is 3.60. The van der Waals surface area contributed by atoms with Crippen molar-refractivity contribution in [3.05, 3.63) is 39.9 Å². The number of methoxy groups -OCH3 is 1. The van der Waals surface area contributed by atoms with Crippen LogP contribution >= 0.6 is 0 Å². The number of hydrogen-bond acceptors (Lipinski definition) is 6. The molecular weight excluding hydrogens is 348 g/mol. The van der Waals surface area contributed by atoms with Crippen molar-refractivity contribution in [1.29, 1.82) is 0 Å². The summed E-state index contributed by atoms with van der Waals surface area (Å²) in [6, 6.07) is 6.97. The Labute approximate surface area is 160 Å². The summed E-state index contributed by atoms with van der Waals surface area (Å²) in [6.45, 7) is 7.92. The number of ether oxygens (including phenoxy) is 1. The van der Waals surface area contributed by atoms with Crippen LogP contribution in [0.25, 0.3) is 0 Å². The molecule has 7 nitrogen and oxygen atoms in total. The summed E-state index contributed by atoms with van der Waals surface area (Å²) >= 11 is 0. The summed E-state index contributed by atoms with van der Waals surface area (Å²) in [6.07, 6.45) is 2.68. The molecule has 7 heteroatoms. The minimum atomic E-state index is -0.944. The van der Waals surface area contributed by atoms with E-state index in [4.69, 9.17) is 9.57 Å². The van der Waals surface area contributed by atoms with Crippen LogP contribution in [0.4, 0.5) is 0 Å². The number of aldehydes is 1. The molecule has 1 aromatic rings. The van der Waals surface area contributed by atoms with Gasteiger partial charge in [-0.1, -0.05) is 12.1 Å². The number of benzene rings is 1. The molecule has 1 saturated heterocycles. The van der Waals surface area contributed by atoms with Gasteiger partial charge in [-0.25, -0.2) is 0 Å². The predicted molar refractivity (Wildman–Crippen MR) is 102 cm³/mol. The lowest BCUT2D eigenvalue weighted by Crippen LogP contribution is -2.60. The summed E-state index contributed by atoms with van der Waals surface area (Å²) in [4.78, 5) is 29.0. The van der Waals surface area contributed by atoms with E-state index in [0.717, 1.165) is 19.3 Å². The first-order chi connectivity index (χ1) is 12.6. The third-order valence-corrected chi connectivity index (χ3v) is 5.32. The van der Waals surface area contributed by atoms with Gasteiger partial charge in [-0.2, -0.15) is 5.06 Å². The molecule has 0 aromatic heterocycles. The first-order valence-electron chi connectivity index (χ1n) is 9.29. The molecule has 1 aliphatic rings. The van der Waals surface area contributed by atoms with Gasteiger partial charge >= 0.3 is 0 Å². The van der Waals surface area contributed by atoms with Gasteiger partial charge in [0, 0.05) is 16.0 Å². The second-order valence-corrected chi connectivity index (χ2v) is 8.37. The highest BCUT2D eigenvalue weighted by atomic mass is 16.7. The molecular formula is C20H30N2O5. The van der Waals surface area contributed by atoms with Gasteiger partial charge in [0.15, 0.2) is 6.29 Å². The first kappa shape index (κ1) is 21.3. The monoisotopic (exact) mass is 378 g/mol. The highest BCUT2D eigenvalue weighted by Crippen LogP contribution is 2.40. The fraction of sp³-hybridized carbons (Fsp3) is 0.650. The fourth-order valence-electron chi connectivity index (χ4n) is 3.99. The number of nitrogens with zero attached hydrogens (tertiary/aromatic N) is 2. The van der Waals surface area contributed by atoms with E-state index >= 15 is 0 Å². The molecule has 1 heterocycles. The number of nitro groups is 1. The minimum Gasteiger partial charge on any atom is -0.497 e. The summed E-state index contributed by atoms with van der Waals surface area (Å²) in [5.74, 6) is -0.0302. The smallest absolute Gasteiger partial charge is 0.213 e. The number of carbonyl (C=O) groups excluding carboxylic acids is 1. The van der Waals surface area contributed by atoms with Crippen molar-refractivity contribution in [3.8, 4) is 5.75 Å². The van der Waals surface area contributed by atoms with E-state index in [9.17, 15) is 14.9 Å². The summed E-state index contributed by atoms with van der Waals surface area (Å²) in [5.41, 5.74) is 0.154. The Morgan fingerprint density at radius 2 is 1.74 bits per heavy atom. The molecule has 0 bridgehead atoms. The van der Waals surface area contributed by atoms with Crippen LogP contribution in [0.5, 0.6) is 5.75 Å². The van der Waals surface area contributed by atoms with Gasteiger partial charge in [0.1, 0.15) is 11.9 Å². The van der Waals surface area contributed by atoms with Gasteiger partial charge in [0.25, 0.3) is 0 Å². The largest absolute Gasteiger partial charge is 0.497 e. The average Bonchev–Trinajstić information content (AvgIpc) is 2.59. The highest BCUT2D eigenvalue weighted by Gasteiger charge is 2.45. The molecule has 0 saturated carbocycles. The van der Waals surface area contributed by atoms with Crippen LogP contribution in [-0.4, -0.2) is 47.1 Å². The maximum atomic E-state index is 11.9. The average molecular weight is 378 g/mol. The van der Waals surface area contributed by atoms with Crippen LogP contribution in [0.3, 0.4) is 0 Å². The zero-order chi connectivity index (χ0) is 20.2. The standard InChI is InChI=1S/C20H30N2O5/c1-19(2)11-6-12-20(3,4)22(19)27-18(14-23)17(13-21(24)25)15-7-9-16(26-5)10-8-15/h7-10,14,17-18H,6,11-13H2,1-5H3/t17-,18-/m1/s1. The third kappa shape index (κ3) is 5.05. The van der Waals surface area contributed by atoms with E-state index in [1.807, 2.05) is 5.06 Å². The molecule has 0 aliphatic carbocycles. The van der Waals surface area contributed by atoms with Crippen molar-refractivity contribution in [2.24, 2.45) is 0 Å². The lowest BCUT2D eigenvalue weighted by atomic mass is 9.82. The van der Waals surface area contributed by atoms with Gasteiger partial charge in [0.2, 0.25) is 6.54 Å². The summed E-state index contributed by atoms with van der Waals surface area (Å²) < 4.78 is 5.15. The lowest BCUT2D eigenvalue weighted by Gasteiger charge is -2.52. The topological polar surface area (TPSA) is 81.9 Å². The van der Waals surface area contributed by atoms with E-state index in [1.54, 1.807) is 31.4 Å². The fourth-order valence-corrected chi connectivity index (χ4v) is 3.99. The van der Waals surface area contributed by atoms with Crippen molar-refractivity contribution in [2.75, 3.05) is 13.7 Å². The van der Waals surface area contributed by atoms with Gasteiger partial charge < -0.3 is 9.53 Å². The molecule has 1 aromatic carbocycles. The Balaban J connectivity index is 2.33. The molecule has 0 radical (unpaired) electrons. The second kappa shape index (κ2) is 8.35. The number of carbonyl (C=O) groups is 1. The van der Waals surface area contributed by atoms with Crippen LogP contribution < -0.4 is 4.74 Å². The van der Waals surface area contributed by atoms with Crippen molar-refractivity contribution in [1.82, 2.24) is 5.06 Å². The molecule has 0 N–H and O–H groups in total.